The molecule has 0 aromatic rings. The van der Waals surface area contributed by atoms with Crippen molar-refractivity contribution in [2.75, 3.05) is 0 Å². The zero-order chi connectivity index (χ0) is 5.91. The Kier molecular flexibility index (Phi) is 6.70. The summed E-state index contributed by atoms with van der Waals surface area (Å²) in [6, 6.07) is 0. The van der Waals surface area contributed by atoms with Gasteiger partial charge < -0.3 is 5.11 Å². The van der Waals surface area contributed by atoms with Crippen molar-refractivity contribution in [3.05, 3.63) is 0 Å². The van der Waals surface area contributed by atoms with Crippen molar-refractivity contribution >= 4 is 37.7 Å². The Balaban J connectivity index is 0. The molecule has 0 fully saturated rings. The fourth-order valence-corrected chi connectivity index (χ4v) is 0.102. The second kappa shape index (κ2) is 4.64. The molecular formula is C6H12CaO. The van der Waals surface area contributed by atoms with E-state index in [1.54, 1.807) is 6.92 Å². The fraction of sp³-hybridized carbons (Fsp3) is 0.667. The number of terminal acetylenes is 1. The van der Waals surface area contributed by atoms with Crippen molar-refractivity contribution in [2.45, 2.75) is 25.9 Å². The maximum atomic E-state index is 8.90. The molecule has 1 atom stereocenters. The monoisotopic (exact) mass is 140 g/mol. The zero-order valence-corrected chi connectivity index (χ0v) is 4.73. The zero-order valence-electron chi connectivity index (χ0n) is 4.73. The molecule has 8 heavy (non-hydrogen) atoms. The van der Waals surface area contributed by atoms with Crippen LogP contribution < -0.4 is 0 Å². The van der Waals surface area contributed by atoms with Crippen LogP contribution in [0.3, 0.4) is 0 Å². The Morgan fingerprint density at radius 2 is 2.12 bits per heavy atom. The van der Waals surface area contributed by atoms with Gasteiger partial charge in [0.25, 0.3) is 0 Å². The van der Waals surface area contributed by atoms with Gasteiger partial charge in [-0.2, -0.15) is 0 Å². The van der Waals surface area contributed by atoms with Crippen LogP contribution in [0, 0.1) is 12.3 Å². The summed E-state index contributed by atoms with van der Waals surface area (Å²) in [4.78, 5) is 0. The Bertz CT molecular complexity index is 91.2. The van der Waals surface area contributed by atoms with Gasteiger partial charge in [-0.25, -0.2) is 0 Å². The molecule has 0 saturated heterocycles. The van der Waals surface area contributed by atoms with Crippen LogP contribution in [-0.2, 0) is 0 Å². The molecule has 1 unspecified atom stereocenters. The molecular weight excluding hydrogens is 128 g/mol. The van der Waals surface area contributed by atoms with Crippen LogP contribution in [0.2, 0.25) is 0 Å². The van der Waals surface area contributed by atoms with Crippen molar-refractivity contribution < 1.29 is 5.11 Å². The molecule has 0 aliphatic heterocycles. The second-order valence-electron chi connectivity index (χ2n) is 1.77. The Hall–Kier alpha value is 0.780. The third-order valence-corrected chi connectivity index (χ3v) is 0.999. The molecule has 1 nitrogen and oxygen atoms in total. The fourth-order valence-electron chi connectivity index (χ4n) is 0.102. The Labute approximate surface area is 80.5 Å². The molecule has 0 radical (unpaired) electrons. The van der Waals surface area contributed by atoms with E-state index in [-0.39, 0.29) is 37.7 Å². The van der Waals surface area contributed by atoms with Gasteiger partial charge >= 0.3 is 37.7 Å². The molecule has 0 aromatic carbocycles. The molecule has 0 saturated carbocycles. The van der Waals surface area contributed by atoms with Gasteiger partial charge in [-0.15, -0.1) is 6.42 Å². The number of hydrogen-bond donors (Lipinski definition) is 1. The minimum atomic E-state index is -0.889. The second-order valence-corrected chi connectivity index (χ2v) is 1.77. The van der Waals surface area contributed by atoms with Crippen molar-refractivity contribution in [3.8, 4) is 12.3 Å². The van der Waals surface area contributed by atoms with Crippen LogP contribution in [0.25, 0.3) is 0 Å². The van der Waals surface area contributed by atoms with Gasteiger partial charge in [0.05, 0.1) is 0 Å². The van der Waals surface area contributed by atoms with Crippen LogP contribution >= 0.6 is 0 Å². The molecule has 0 aliphatic carbocycles. The first-order valence-electron chi connectivity index (χ1n) is 2.32. The van der Waals surface area contributed by atoms with Gasteiger partial charge in [0, 0.05) is 0 Å². The summed E-state index contributed by atoms with van der Waals surface area (Å²) in [7, 11) is 0. The SMILES string of the molecule is C#CC(C)(O)CC.[CaH2]. The van der Waals surface area contributed by atoms with Crippen molar-refractivity contribution in [2.24, 2.45) is 0 Å². The van der Waals surface area contributed by atoms with Crippen molar-refractivity contribution in [3.63, 3.8) is 0 Å². The van der Waals surface area contributed by atoms with Crippen LogP contribution in [0.4, 0.5) is 0 Å². The van der Waals surface area contributed by atoms with Gasteiger partial charge in [-0.3, -0.25) is 0 Å². The molecule has 0 rings (SSSR count). The molecule has 0 bridgehead atoms. The van der Waals surface area contributed by atoms with E-state index >= 15 is 0 Å². The van der Waals surface area contributed by atoms with Gasteiger partial charge in [-0.05, 0) is 13.3 Å². The van der Waals surface area contributed by atoms with E-state index < -0.39 is 5.60 Å². The van der Waals surface area contributed by atoms with E-state index in [2.05, 4.69) is 5.92 Å². The maximum absolute atomic E-state index is 8.90. The van der Waals surface area contributed by atoms with E-state index in [9.17, 15) is 0 Å². The summed E-state index contributed by atoms with van der Waals surface area (Å²) in [6.07, 6.45) is 5.53. The van der Waals surface area contributed by atoms with Gasteiger partial charge in [0.1, 0.15) is 5.60 Å². The van der Waals surface area contributed by atoms with E-state index in [4.69, 9.17) is 11.5 Å². The first kappa shape index (κ1) is 11.6. The molecule has 0 aromatic heterocycles. The first-order chi connectivity index (χ1) is 3.12. The van der Waals surface area contributed by atoms with E-state index in [0.717, 1.165) is 0 Å². The first-order valence-corrected chi connectivity index (χ1v) is 2.32. The molecule has 0 amide bonds. The van der Waals surface area contributed by atoms with Crippen LogP contribution in [0.5, 0.6) is 0 Å². The minimum absolute atomic E-state index is 0. The van der Waals surface area contributed by atoms with E-state index in [0.29, 0.717) is 6.42 Å². The van der Waals surface area contributed by atoms with Gasteiger partial charge in [0.2, 0.25) is 0 Å². The predicted octanol–water partition coefficient (Wildman–Crippen LogP) is -0.136. The molecule has 1 N–H and O–H groups in total. The van der Waals surface area contributed by atoms with Crippen LogP contribution in [0.15, 0.2) is 0 Å². The number of aliphatic hydroxyl groups is 1. The topological polar surface area (TPSA) is 20.2 Å². The standard InChI is InChI=1S/C6H10O.Ca.2H/c1-4-6(3,7)5-2;;;/h1,7H,5H2,2-3H3;;;. The Morgan fingerprint density at radius 3 is 2.12 bits per heavy atom. The summed E-state index contributed by atoms with van der Waals surface area (Å²) in [6.45, 7) is 3.47. The average molecular weight is 140 g/mol. The molecule has 0 aliphatic rings. The van der Waals surface area contributed by atoms with E-state index in [1.165, 1.54) is 0 Å². The quantitative estimate of drug-likeness (QED) is 0.397. The molecule has 0 heterocycles. The normalized spacial score (nSPS) is 15.2. The average Bonchev–Trinajstić information content (AvgIpc) is 1.68. The summed E-state index contributed by atoms with van der Waals surface area (Å²) in [5.41, 5.74) is -0.889. The van der Waals surface area contributed by atoms with Crippen LogP contribution in [0.1, 0.15) is 20.3 Å². The molecule has 0 spiro atoms. The summed E-state index contributed by atoms with van der Waals surface area (Å²) in [5.74, 6) is 2.25. The molecule has 44 valence electrons. The molecule has 2 heteroatoms. The predicted molar refractivity (Wildman–Crippen MR) is 38.3 cm³/mol. The van der Waals surface area contributed by atoms with Gasteiger partial charge in [-0.1, -0.05) is 12.8 Å². The third-order valence-electron chi connectivity index (χ3n) is 0.999. The van der Waals surface area contributed by atoms with Crippen molar-refractivity contribution in [1.29, 1.82) is 0 Å². The summed E-state index contributed by atoms with van der Waals surface area (Å²) in [5, 5.41) is 8.90. The van der Waals surface area contributed by atoms with Crippen molar-refractivity contribution in [1.82, 2.24) is 0 Å². The summed E-state index contributed by atoms with van der Waals surface area (Å²) >= 11 is 0. The number of hydrogen-bond acceptors (Lipinski definition) is 1. The van der Waals surface area contributed by atoms with Crippen LogP contribution in [-0.4, -0.2) is 48.4 Å². The Morgan fingerprint density at radius 1 is 1.75 bits per heavy atom. The third kappa shape index (κ3) is 4.93. The summed E-state index contributed by atoms with van der Waals surface area (Å²) < 4.78 is 0. The number of rotatable bonds is 1. The van der Waals surface area contributed by atoms with Gasteiger partial charge in [0.15, 0.2) is 0 Å². The van der Waals surface area contributed by atoms with E-state index in [1.807, 2.05) is 6.92 Å².